The smallest absolute Gasteiger partial charge is 0.223 e. The molecule has 2 saturated heterocycles. The Hall–Kier alpha value is -0.840. The summed E-state index contributed by atoms with van der Waals surface area (Å²) in [4.78, 5) is 15.8. The molecule has 1 N–H and O–H groups in total. The van der Waals surface area contributed by atoms with E-state index in [1.54, 1.807) is 11.3 Å². The van der Waals surface area contributed by atoms with Crippen LogP contribution in [0.15, 0.2) is 30.2 Å². The van der Waals surface area contributed by atoms with Crippen LogP contribution in [0.5, 0.6) is 0 Å². The number of hydrogen-bond acceptors (Lipinski definition) is 3. The lowest BCUT2D eigenvalue weighted by atomic mass is 9.89. The van der Waals surface area contributed by atoms with Crippen LogP contribution < -0.4 is 5.32 Å². The predicted octanol–water partition coefficient (Wildman–Crippen LogP) is 3.61. The normalized spacial score (nSPS) is 26.3. The van der Waals surface area contributed by atoms with Crippen LogP contribution >= 0.6 is 23.7 Å². The summed E-state index contributed by atoms with van der Waals surface area (Å²) < 4.78 is 0. The number of fused-ring (bicyclic) bond motifs is 2. The molecule has 0 radical (unpaired) electrons. The fourth-order valence-electron chi connectivity index (χ4n) is 3.72. The van der Waals surface area contributed by atoms with Gasteiger partial charge in [-0.3, -0.25) is 4.79 Å². The van der Waals surface area contributed by atoms with Gasteiger partial charge in [0.25, 0.3) is 0 Å². The molecule has 22 heavy (non-hydrogen) atoms. The molecule has 3 heterocycles. The molecule has 0 aromatic carbocycles. The van der Waals surface area contributed by atoms with Gasteiger partial charge in [0, 0.05) is 29.9 Å². The molecule has 2 fully saturated rings. The Morgan fingerprint density at radius 1 is 1.41 bits per heavy atom. The van der Waals surface area contributed by atoms with E-state index >= 15 is 0 Å². The van der Waals surface area contributed by atoms with Crippen LogP contribution in [-0.2, 0) is 11.3 Å². The van der Waals surface area contributed by atoms with Crippen LogP contribution in [0.25, 0.3) is 0 Å². The second-order valence-electron chi connectivity index (χ2n) is 6.32. The summed E-state index contributed by atoms with van der Waals surface area (Å²) >= 11 is 1.71. The summed E-state index contributed by atoms with van der Waals surface area (Å²) in [6.45, 7) is 5.16. The highest BCUT2D eigenvalue weighted by Gasteiger charge is 2.34. The first-order chi connectivity index (χ1) is 10.2. The van der Waals surface area contributed by atoms with Crippen LogP contribution in [0, 0.1) is 5.92 Å². The Morgan fingerprint density at radius 2 is 2.14 bits per heavy atom. The molecule has 1 aromatic heterocycles. The molecule has 0 spiro atoms. The van der Waals surface area contributed by atoms with Gasteiger partial charge in [-0.05, 0) is 43.0 Å². The maximum absolute atomic E-state index is 12.6. The Bertz CT molecular complexity index is 479. The van der Waals surface area contributed by atoms with Crippen molar-refractivity contribution in [2.45, 2.75) is 50.7 Å². The highest BCUT2D eigenvalue weighted by Crippen LogP contribution is 2.33. The Labute approximate surface area is 143 Å². The number of rotatable bonds is 6. The van der Waals surface area contributed by atoms with E-state index in [9.17, 15) is 4.79 Å². The lowest BCUT2D eigenvalue weighted by Gasteiger charge is -2.30. The summed E-state index contributed by atoms with van der Waals surface area (Å²) in [6, 6.07) is 5.46. The van der Waals surface area contributed by atoms with Gasteiger partial charge in [0.1, 0.15) is 0 Å². The van der Waals surface area contributed by atoms with Crippen molar-refractivity contribution in [2.75, 3.05) is 6.54 Å². The zero-order valence-electron chi connectivity index (χ0n) is 12.9. The molecule has 1 aromatic rings. The van der Waals surface area contributed by atoms with Gasteiger partial charge in [0.05, 0.1) is 6.54 Å². The van der Waals surface area contributed by atoms with Crippen LogP contribution in [0.3, 0.4) is 0 Å². The first-order valence-corrected chi connectivity index (χ1v) is 8.79. The zero-order valence-corrected chi connectivity index (χ0v) is 14.5. The minimum Gasteiger partial charge on any atom is -0.334 e. The number of amides is 1. The average Bonchev–Trinajstić information content (AvgIpc) is 3.08. The summed E-state index contributed by atoms with van der Waals surface area (Å²) in [7, 11) is 0. The number of halogens is 1. The Morgan fingerprint density at radius 3 is 2.73 bits per heavy atom. The molecule has 122 valence electrons. The lowest BCUT2D eigenvalue weighted by molar-refractivity contribution is -0.132. The topological polar surface area (TPSA) is 32.3 Å². The van der Waals surface area contributed by atoms with Crippen LogP contribution in [-0.4, -0.2) is 29.4 Å². The van der Waals surface area contributed by atoms with E-state index in [4.69, 9.17) is 0 Å². The molecule has 2 bridgehead atoms. The third kappa shape index (κ3) is 4.34. The third-order valence-corrected chi connectivity index (χ3v) is 5.52. The van der Waals surface area contributed by atoms with E-state index in [1.165, 1.54) is 30.6 Å². The van der Waals surface area contributed by atoms with E-state index in [2.05, 4.69) is 23.3 Å². The summed E-state index contributed by atoms with van der Waals surface area (Å²) in [6.07, 6.45) is 7.46. The number of hydrogen-bond donors (Lipinski definition) is 1. The fraction of sp³-hybridized carbons (Fsp3) is 0.588. The lowest BCUT2D eigenvalue weighted by Crippen LogP contribution is -2.40. The first-order valence-electron chi connectivity index (χ1n) is 7.91. The zero-order chi connectivity index (χ0) is 14.7. The monoisotopic (exact) mass is 340 g/mol. The van der Waals surface area contributed by atoms with Crippen molar-refractivity contribution in [1.29, 1.82) is 0 Å². The molecule has 2 atom stereocenters. The minimum absolute atomic E-state index is 0. The SMILES string of the molecule is C=CCN(Cc1cccs1)C(=O)CC1CC2CCC(C1)N2.Cl. The molecule has 2 aliphatic heterocycles. The molecule has 3 rings (SSSR count). The molecule has 2 aliphatic rings. The van der Waals surface area contributed by atoms with Crippen LogP contribution in [0.4, 0.5) is 0 Å². The van der Waals surface area contributed by atoms with Gasteiger partial charge in [-0.2, -0.15) is 0 Å². The van der Waals surface area contributed by atoms with Gasteiger partial charge in [-0.1, -0.05) is 12.1 Å². The van der Waals surface area contributed by atoms with Crippen molar-refractivity contribution >= 4 is 29.7 Å². The maximum Gasteiger partial charge on any atom is 0.223 e. The van der Waals surface area contributed by atoms with Crippen LogP contribution in [0.2, 0.25) is 0 Å². The van der Waals surface area contributed by atoms with Crippen LogP contribution in [0.1, 0.15) is 37.0 Å². The molecular formula is C17H25ClN2OS. The number of carbonyl (C=O) groups is 1. The second kappa shape index (κ2) is 8.14. The van der Waals surface area contributed by atoms with Crippen molar-refractivity contribution < 1.29 is 4.79 Å². The molecule has 5 heteroatoms. The van der Waals surface area contributed by atoms with E-state index in [-0.39, 0.29) is 18.3 Å². The highest BCUT2D eigenvalue weighted by molar-refractivity contribution is 7.09. The van der Waals surface area contributed by atoms with Gasteiger partial charge in [0.15, 0.2) is 0 Å². The molecule has 0 aliphatic carbocycles. The van der Waals surface area contributed by atoms with Crippen molar-refractivity contribution in [3.8, 4) is 0 Å². The minimum atomic E-state index is 0. The molecule has 2 unspecified atom stereocenters. The van der Waals surface area contributed by atoms with Crippen molar-refractivity contribution in [1.82, 2.24) is 10.2 Å². The molecular weight excluding hydrogens is 316 g/mol. The Balaban J connectivity index is 0.00000176. The molecule has 1 amide bonds. The standard InChI is InChI=1S/C17H24N2OS.ClH/c1-2-7-19(12-16-4-3-8-21-16)17(20)11-13-9-14-5-6-15(10-13)18-14;/h2-4,8,13-15,18H,1,5-7,9-12H2;1H. The summed E-state index contributed by atoms with van der Waals surface area (Å²) in [5.74, 6) is 0.849. The number of thiophene rings is 1. The average molecular weight is 341 g/mol. The quantitative estimate of drug-likeness (QED) is 0.802. The number of piperidine rings is 1. The number of nitrogens with zero attached hydrogens (tertiary/aromatic N) is 1. The van der Waals surface area contributed by atoms with E-state index < -0.39 is 0 Å². The Kier molecular flexibility index (Phi) is 6.48. The highest BCUT2D eigenvalue weighted by atomic mass is 35.5. The molecule has 0 saturated carbocycles. The van der Waals surface area contributed by atoms with Gasteiger partial charge in [0.2, 0.25) is 5.91 Å². The van der Waals surface area contributed by atoms with E-state index in [1.807, 2.05) is 17.0 Å². The van der Waals surface area contributed by atoms with Gasteiger partial charge >= 0.3 is 0 Å². The van der Waals surface area contributed by atoms with Gasteiger partial charge in [-0.15, -0.1) is 30.3 Å². The van der Waals surface area contributed by atoms with Crippen molar-refractivity contribution in [3.05, 3.63) is 35.0 Å². The third-order valence-electron chi connectivity index (χ3n) is 4.66. The maximum atomic E-state index is 12.6. The second-order valence-corrected chi connectivity index (χ2v) is 7.35. The summed E-state index contributed by atoms with van der Waals surface area (Å²) in [5.41, 5.74) is 0. The van der Waals surface area contributed by atoms with Gasteiger partial charge < -0.3 is 10.2 Å². The van der Waals surface area contributed by atoms with Gasteiger partial charge in [-0.25, -0.2) is 0 Å². The first kappa shape index (κ1) is 17.5. The fourth-order valence-corrected chi connectivity index (χ4v) is 4.44. The van der Waals surface area contributed by atoms with E-state index in [0.717, 1.165) is 6.54 Å². The molecule has 3 nitrogen and oxygen atoms in total. The largest absolute Gasteiger partial charge is 0.334 e. The predicted molar refractivity (Wildman–Crippen MR) is 94.5 cm³/mol. The summed E-state index contributed by atoms with van der Waals surface area (Å²) in [5, 5.41) is 5.71. The van der Waals surface area contributed by atoms with Crippen molar-refractivity contribution in [3.63, 3.8) is 0 Å². The van der Waals surface area contributed by atoms with Crippen molar-refractivity contribution in [2.24, 2.45) is 5.92 Å². The number of nitrogens with one attached hydrogen (secondary N) is 1. The van der Waals surface area contributed by atoms with E-state index in [0.29, 0.717) is 31.0 Å². The number of carbonyl (C=O) groups excluding carboxylic acids is 1.